The number of alkyl halides is 3. The van der Waals surface area contributed by atoms with E-state index < -0.39 is 28.9 Å². The molecule has 0 aromatic carbocycles. The van der Waals surface area contributed by atoms with Crippen molar-refractivity contribution in [3.63, 3.8) is 0 Å². The molecule has 2 rings (SSSR count). The molecular weight excluding hydrogens is 287 g/mol. The molecule has 0 aliphatic carbocycles. The molecule has 1 amide bonds. The van der Waals surface area contributed by atoms with Crippen LogP contribution < -0.4 is 10.9 Å². The van der Waals surface area contributed by atoms with Gasteiger partial charge in [-0.25, -0.2) is 0 Å². The molecule has 0 spiro atoms. The zero-order valence-electron chi connectivity index (χ0n) is 10.8. The highest BCUT2D eigenvalue weighted by Crippen LogP contribution is 2.29. The Morgan fingerprint density at radius 3 is 2.71 bits per heavy atom. The van der Waals surface area contributed by atoms with Crippen molar-refractivity contribution in [2.45, 2.75) is 13.1 Å². The summed E-state index contributed by atoms with van der Waals surface area (Å²) in [6, 6.07) is 2.00. The number of hydrogen-bond acceptors (Lipinski definition) is 3. The molecule has 0 aliphatic rings. The van der Waals surface area contributed by atoms with Crippen molar-refractivity contribution in [3.8, 4) is 0 Å². The fraction of sp³-hybridized carbons (Fsp3) is 0.154. The molecule has 110 valence electrons. The molecular formula is C13H10F3N3O2. The number of aromatic nitrogens is 2. The summed E-state index contributed by atoms with van der Waals surface area (Å²) in [5, 5.41) is 2.17. The van der Waals surface area contributed by atoms with E-state index in [0.29, 0.717) is 17.8 Å². The molecule has 0 atom stereocenters. The molecule has 2 heterocycles. The third kappa shape index (κ3) is 3.28. The van der Waals surface area contributed by atoms with Crippen molar-refractivity contribution in [3.05, 3.63) is 57.8 Å². The smallest absolute Gasteiger partial charge is 0.327 e. The fourth-order valence-corrected chi connectivity index (χ4v) is 1.66. The lowest BCUT2D eigenvalue weighted by Crippen LogP contribution is -2.22. The molecule has 0 aliphatic heterocycles. The van der Waals surface area contributed by atoms with Crippen molar-refractivity contribution in [1.29, 1.82) is 0 Å². The standard InChI is InChI=1S/C13H10F3N3O2/c1-7-5-17-3-2-9(7)11(20)19-10-4-8(13(14,15)16)6-18-12(10)21/h2-6H,1H3,(H,18,21)(H,19,20). The van der Waals surface area contributed by atoms with Crippen molar-refractivity contribution < 1.29 is 18.0 Å². The minimum atomic E-state index is -4.61. The van der Waals surface area contributed by atoms with E-state index in [-0.39, 0.29) is 5.56 Å². The van der Waals surface area contributed by atoms with Crippen molar-refractivity contribution in [1.82, 2.24) is 9.97 Å². The largest absolute Gasteiger partial charge is 0.417 e. The Morgan fingerprint density at radius 2 is 2.10 bits per heavy atom. The number of carbonyl (C=O) groups is 1. The van der Waals surface area contributed by atoms with Gasteiger partial charge < -0.3 is 10.3 Å². The number of pyridine rings is 2. The zero-order valence-corrected chi connectivity index (χ0v) is 10.8. The average Bonchev–Trinajstić information content (AvgIpc) is 2.40. The van der Waals surface area contributed by atoms with Gasteiger partial charge in [0, 0.05) is 24.2 Å². The third-order valence-corrected chi connectivity index (χ3v) is 2.74. The second kappa shape index (κ2) is 5.39. The monoisotopic (exact) mass is 297 g/mol. The topological polar surface area (TPSA) is 74.8 Å². The minimum Gasteiger partial charge on any atom is -0.327 e. The number of anilines is 1. The van der Waals surface area contributed by atoms with Gasteiger partial charge in [0.15, 0.2) is 0 Å². The van der Waals surface area contributed by atoms with Gasteiger partial charge in [-0.05, 0) is 24.6 Å². The predicted octanol–water partition coefficient (Wildman–Crippen LogP) is 2.35. The molecule has 2 N–H and O–H groups in total. The number of aryl methyl sites for hydroxylation is 1. The molecule has 0 saturated carbocycles. The summed E-state index contributed by atoms with van der Waals surface area (Å²) in [6.45, 7) is 1.62. The van der Waals surface area contributed by atoms with Crippen LogP contribution in [0.15, 0.2) is 35.5 Å². The number of aromatic amines is 1. The van der Waals surface area contributed by atoms with E-state index in [1.807, 2.05) is 4.98 Å². The molecule has 0 saturated heterocycles. The van der Waals surface area contributed by atoms with Gasteiger partial charge in [0.2, 0.25) is 0 Å². The van der Waals surface area contributed by atoms with E-state index in [9.17, 15) is 22.8 Å². The first-order valence-electron chi connectivity index (χ1n) is 5.81. The van der Waals surface area contributed by atoms with Gasteiger partial charge in [0.25, 0.3) is 11.5 Å². The maximum absolute atomic E-state index is 12.6. The van der Waals surface area contributed by atoms with Gasteiger partial charge in [0.05, 0.1) is 5.56 Å². The van der Waals surface area contributed by atoms with Gasteiger partial charge in [0.1, 0.15) is 5.69 Å². The van der Waals surface area contributed by atoms with Gasteiger partial charge in [-0.15, -0.1) is 0 Å². The Labute approximate surface area is 116 Å². The lowest BCUT2D eigenvalue weighted by molar-refractivity contribution is -0.137. The molecule has 5 nitrogen and oxygen atoms in total. The van der Waals surface area contributed by atoms with Gasteiger partial charge in [-0.1, -0.05) is 0 Å². The van der Waals surface area contributed by atoms with Crippen LogP contribution >= 0.6 is 0 Å². The second-order valence-electron chi connectivity index (χ2n) is 4.27. The Balaban J connectivity index is 2.34. The molecule has 2 aromatic rings. The van der Waals surface area contributed by atoms with E-state index in [2.05, 4.69) is 10.3 Å². The summed E-state index contributed by atoms with van der Waals surface area (Å²) in [7, 11) is 0. The maximum atomic E-state index is 12.6. The number of nitrogens with one attached hydrogen (secondary N) is 2. The number of carbonyl (C=O) groups excluding carboxylic acids is 1. The minimum absolute atomic E-state index is 0.224. The Kier molecular flexibility index (Phi) is 3.79. The lowest BCUT2D eigenvalue weighted by atomic mass is 10.1. The van der Waals surface area contributed by atoms with Gasteiger partial charge in [-0.3, -0.25) is 14.6 Å². The zero-order chi connectivity index (χ0) is 15.6. The molecule has 8 heteroatoms. The normalized spacial score (nSPS) is 11.2. The summed E-state index contributed by atoms with van der Waals surface area (Å²) >= 11 is 0. The number of rotatable bonds is 2. The first-order valence-corrected chi connectivity index (χ1v) is 5.81. The molecule has 0 fully saturated rings. The van der Waals surface area contributed by atoms with Crippen molar-refractivity contribution in [2.75, 3.05) is 5.32 Å². The Morgan fingerprint density at radius 1 is 1.38 bits per heavy atom. The third-order valence-electron chi connectivity index (χ3n) is 2.74. The lowest BCUT2D eigenvalue weighted by Gasteiger charge is -2.10. The molecule has 0 radical (unpaired) electrons. The van der Waals surface area contributed by atoms with Gasteiger partial charge >= 0.3 is 6.18 Å². The number of nitrogens with zero attached hydrogens (tertiary/aromatic N) is 1. The fourth-order valence-electron chi connectivity index (χ4n) is 1.66. The summed E-state index contributed by atoms with van der Waals surface area (Å²) < 4.78 is 37.7. The van der Waals surface area contributed by atoms with Crippen LogP contribution in [0.3, 0.4) is 0 Å². The average molecular weight is 297 g/mol. The summed E-state index contributed by atoms with van der Waals surface area (Å²) in [5.74, 6) is -0.681. The molecule has 0 bridgehead atoms. The number of H-pyrrole nitrogens is 1. The SMILES string of the molecule is Cc1cnccc1C(=O)Nc1cc(C(F)(F)F)c[nH]c1=O. The van der Waals surface area contributed by atoms with E-state index in [0.717, 1.165) is 0 Å². The molecule has 21 heavy (non-hydrogen) atoms. The van der Waals surface area contributed by atoms with E-state index in [1.54, 1.807) is 6.92 Å². The highest BCUT2D eigenvalue weighted by Gasteiger charge is 2.31. The van der Waals surface area contributed by atoms with E-state index >= 15 is 0 Å². The maximum Gasteiger partial charge on any atom is 0.417 e. The molecule has 2 aromatic heterocycles. The highest BCUT2D eigenvalue weighted by atomic mass is 19.4. The van der Waals surface area contributed by atoms with Crippen LogP contribution in [0.2, 0.25) is 0 Å². The van der Waals surface area contributed by atoms with Crippen LogP contribution in [-0.2, 0) is 6.18 Å². The first-order chi connectivity index (χ1) is 9.79. The summed E-state index contributed by atoms with van der Waals surface area (Å²) in [5.41, 5.74) is -1.57. The molecule has 0 unspecified atom stereocenters. The Hall–Kier alpha value is -2.64. The van der Waals surface area contributed by atoms with Crippen LogP contribution in [0.4, 0.5) is 18.9 Å². The quantitative estimate of drug-likeness (QED) is 0.893. The van der Waals surface area contributed by atoms with E-state index in [4.69, 9.17) is 0 Å². The van der Waals surface area contributed by atoms with Crippen molar-refractivity contribution >= 4 is 11.6 Å². The van der Waals surface area contributed by atoms with Crippen LogP contribution in [-0.4, -0.2) is 15.9 Å². The summed E-state index contributed by atoms with van der Waals surface area (Å²) in [4.78, 5) is 29.2. The van der Waals surface area contributed by atoms with Crippen LogP contribution in [0.25, 0.3) is 0 Å². The Bertz CT molecular complexity index is 738. The van der Waals surface area contributed by atoms with Crippen LogP contribution in [0, 0.1) is 6.92 Å². The number of halogens is 3. The first kappa shape index (κ1) is 14.8. The van der Waals surface area contributed by atoms with Crippen LogP contribution in [0.1, 0.15) is 21.5 Å². The second-order valence-corrected chi connectivity index (χ2v) is 4.27. The van der Waals surface area contributed by atoms with Gasteiger partial charge in [-0.2, -0.15) is 13.2 Å². The number of amides is 1. The highest BCUT2D eigenvalue weighted by molar-refractivity contribution is 6.05. The summed E-state index contributed by atoms with van der Waals surface area (Å²) in [6.07, 6.45) is -1.25. The number of hydrogen-bond donors (Lipinski definition) is 2. The predicted molar refractivity (Wildman–Crippen MR) is 69.0 cm³/mol. The van der Waals surface area contributed by atoms with Crippen molar-refractivity contribution in [2.24, 2.45) is 0 Å². The van der Waals surface area contributed by atoms with Crippen LogP contribution in [0.5, 0.6) is 0 Å². The van der Waals surface area contributed by atoms with E-state index in [1.165, 1.54) is 18.5 Å².